The van der Waals surface area contributed by atoms with Gasteiger partial charge in [0.2, 0.25) is 0 Å². The van der Waals surface area contributed by atoms with E-state index in [0.29, 0.717) is 0 Å². The van der Waals surface area contributed by atoms with Crippen LogP contribution in [0.4, 0.5) is 0 Å². The van der Waals surface area contributed by atoms with Gasteiger partial charge in [-0.05, 0) is 38.1 Å². The van der Waals surface area contributed by atoms with Gasteiger partial charge in [-0.25, -0.2) is 0 Å². The standard InChI is InChI=1S/C12H10Br2N2/c1-7-3-9(13)5-11(15-7)12-6-10(14)4-8(2)16-12/h3-6H,1-2H3. The number of hydrogen-bond acceptors (Lipinski definition) is 2. The first kappa shape index (κ1) is 11.7. The summed E-state index contributed by atoms with van der Waals surface area (Å²) in [5, 5.41) is 0. The van der Waals surface area contributed by atoms with Crippen LogP contribution in [0.1, 0.15) is 11.4 Å². The van der Waals surface area contributed by atoms with Crippen molar-refractivity contribution >= 4 is 31.9 Å². The zero-order valence-corrected chi connectivity index (χ0v) is 12.1. The summed E-state index contributed by atoms with van der Waals surface area (Å²) in [4.78, 5) is 8.95. The summed E-state index contributed by atoms with van der Waals surface area (Å²) in [5.74, 6) is 0. The second-order valence-corrected chi connectivity index (χ2v) is 5.46. The van der Waals surface area contributed by atoms with Gasteiger partial charge < -0.3 is 0 Å². The first-order chi connectivity index (χ1) is 7.54. The minimum Gasteiger partial charge on any atom is -0.251 e. The molecule has 2 aromatic heterocycles. The van der Waals surface area contributed by atoms with Crippen molar-refractivity contribution in [2.24, 2.45) is 0 Å². The van der Waals surface area contributed by atoms with Gasteiger partial charge in [0.05, 0.1) is 11.4 Å². The van der Waals surface area contributed by atoms with Gasteiger partial charge in [0.15, 0.2) is 0 Å². The lowest BCUT2D eigenvalue weighted by molar-refractivity contribution is 1.14. The molecule has 2 heterocycles. The lowest BCUT2D eigenvalue weighted by atomic mass is 10.2. The van der Waals surface area contributed by atoms with E-state index in [2.05, 4.69) is 41.8 Å². The summed E-state index contributed by atoms with van der Waals surface area (Å²) in [5.41, 5.74) is 3.72. The Hall–Kier alpha value is -0.740. The summed E-state index contributed by atoms with van der Waals surface area (Å²) in [7, 11) is 0. The zero-order valence-electron chi connectivity index (χ0n) is 8.96. The number of pyridine rings is 2. The van der Waals surface area contributed by atoms with Crippen LogP contribution in [0, 0.1) is 13.8 Å². The largest absolute Gasteiger partial charge is 0.251 e. The molecular weight excluding hydrogens is 332 g/mol. The Morgan fingerprint density at radius 2 is 1.12 bits per heavy atom. The third-order valence-electron chi connectivity index (χ3n) is 2.10. The van der Waals surface area contributed by atoms with Gasteiger partial charge in [-0.2, -0.15) is 0 Å². The van der Waals surface area contributed by atoms with E-state index < -0.39 is 0 Å². The molecule has 0 spiro atoms. The average molecular weight is 342 g/mol. The van der Waals surface area contributed by atoms with E-state index in [1.165, 1.54) is 0 Å². The number of nitrogens with zero attached hydrogens (tertiary/aromatic N) is 2. The van der Waals surface area contributed by atoms with Crippen LogP contribution in [-0.4, -0.2) is 9.97 Å². The molecule has 0 aliphatic rings. The third-order valence-corrected chi connectivity index (χ3v) is 3.01. The van der Waals surface area contributed by atoms with E-state index in [9.17, 15) is 0 Å². The lowest BCUT2D eigenvalue weighted by Crippen LogP contribution is -1.92. The van der Waals surface area contributed by atoms with Crippen LogP contribution in [0.5, 0.6) is 0 Å². The molecular formula is C12H10Br2N2. The van der Waals surface area contributed by atoms with E-state index in [0.717, 1.165) is 31.7 Å². The fourth-order valence-corrected chi connectivity index (χ4v) is 2.61. The molecule has 0 aliphatic carbocycles. The summed E-state index contributed by atoms with van der Waals surface area (Å²) in [6, 6.07) is 7.91. The molecule has 0 saturated carbocycles. The van der Waals surface area contributed by atoms with E-state index in [1.807, 2.05) is 38.1 Å². The van der Waals surface area contributed by atoms with E-state index in [-0.39, 0.29) is 0 Å². The molecule has 0 atom stereocenters. The molecule has 0 aliphatic heterocycles. The Kier molecular flexibility index (Phi) is 3.40. The van der Waals surface area contributed by atoms with Crippen LogP contribution in [0.15, 0.2) is 33.2 Å². The minimum atomic E-state index is 0.885. The fraction of sp³-hybridized carbons (Fsp3) is 0.167. The van der Waals surface area contributed by atoms with E-state index >= 15 is 0 Å². The van der Waals surface area contributed by atoms with Crippen LogP contribution in [-0.2, 0) is 0 Å². The lowest BCUT2D eigenvalue weighted by Gasteiger charge is -2.04. The van der Waals surface area contributed by atoms with Crippen LogP contribution < -0.4 is 0 Å². The fourth-order valence-electron chi connectivity index (χ4n) is 1.52. The molecule has 0 bridgehead atoms. The smallest absolute Gasteiger partial charge is 0.0901 e. The summed E-state index contributed by atoms with van der Waals surface area (Å²) >= 11 is 6.94. The quantitative estimate of drug-likeness (QED) is 0.773. The highest BCUT2D eigenvalue weighted by Gasteiger charge is 2.05. The van der Waals surface area contributed by atoms with Crippen molar-refractivity contribution < 1.29 is 0 Å². The zero-order chi connectivity index (χ0) is 11.7. The summed E-state index contributed by atoms with van der Waals surface area (Å²) < 4.78 is 2.05. The monoisotopic (exact) mass is 340 g/mol. The predicted molar refractivity (Wildman–Crippen MR) is 72.3 cm³/mol. The molecule has 2 rings (SSSR count). The summed E-state index contributed by atoms with van der Waals surface area (Å²) in [6.45, 7) is 3.94. The maximum absolute atomic E-state index is 4.47. The van der Waals surface area contributed by atoms with Gasteiger partial charge in [0.25, 0.3) is 0 Å². The van der Waals surface area contributed by atoms with Crippen LogP contribution in [0.25, 0.3) is 11.4 Å². The van der Waals surface area contributed by atoms with Gasteiger partial charge in [-0.3, -0.25) is 9.97 Å². The molecule has 0 radical (unpaired) electrons. The van der Waals surface area contributed by atoms with Crippen LogP contribution in [0.3, 0.4) is 0 Å². The third kappa shape index (κ3) is 2.68. The van der Waals surface area contributed by atoms with Crippen molar-refractivity contribution in [3.05, 3.63) is 44.6 Å². The first-order valence-electron chi connectivity index (χ1n) is 4.83. The predicted octanol–water partition coefficient (Wildman–Crippen LogP) is 4.29. The summed E-state index contributed by atoms with van der Waals surface area (Å²) in [6.07, 6.45) is 0. The van der Waals surface area contributed by atoms with Crippen molar-refractivity contribution in [3.63, 3.8) is 0 Å². The normalized spacial score (nSPS) is 10.5. The Morgan fingerprint density at radius 1 is 0.750 bits per heavy atom. The van der Waals surface area contributed by atoms with Crippen LogP contribution in [0.2, 0.25) is 0 Å². The van der Waals surface area contributed by atoms with E-state index in [1.54, 1.807) is 0 Å². The Morgan fingerprint density at radius 3 is 1.44 bits per heavy atom. The minimum absolute atomic E-state index is 0.885. The molecule has 0 unspecified atom stereocenters. The highest BCUT2D eigenvalue weighted by Crippen LogP contribution is 2.23. The van der Waals surface area contributed by atoms with Crippen LogP contribution >= 0.6 is 31.9 Å². The van der Waals surface area contributed by atoms with Gasteiger partial charge in [-0.1, -0.05) is 31.9 Å². The molecule has 0 fully saturated rings. The molecule has 4 heteroatoms. The van der Waals surface area contributed by atoms with Gasteiger partial charge in [0, 0.05) is 20.3 Å². The molecule has 0 aromatic carbocycles. The number of hydrogen-bond donors (Lipinski definition) is 0. The average Bonchev–Trinajstić information content (AvgIpc) is 2.14. The highest BCUT2D eigenvalue weighted by atomic mass is 79.9. The van der Waals surface area contributed by atoms with Crippen molar-refractivity contribution in [2.45, 2.75) is 13.8 Å². The SMILES string of the molecule is Cc1cc(Br)cc(-c2cc(Br)cc(C)n2)n1. The topological polar surface area (TPSA) is 25.8 Å². The Balaban J connectivity index is 2.57. The number of halogens is 2. The molecule has 2 aromatic rings. The van der Waals surface area contributed by atoms with Crippen molar-refractivity contribution in [2.75, 3.05) is 0 Å². The number of aryl methyl sites for hydroxylation is 2. The van der Waals surface area contributed by atoms with E-state index in [4.69, 9.17) is 0 Å². The van der Waals surface area contributed by atoms with Gasteiger partial charge >= 0.3 is 0 Å². The van der Waals surface area contributed by atoms with Crippen molar-refractivity contribution in [1.82, 2.24) is 9.97 Å². The second kappa shape index (κ2) is 4.63. The van der Waals surface area contributed by atoms with Crippen molar-refractivity contribution in [1.29, 1.82) is 0 Å². The maximum Gasteiger partial charge on any atom is 0.0901 e. The molecule has 2 nitrogen and oxygen atoms in total. The van der Waals surface area contributed by atoms with Crippen molar-refractivity contribution in [3.8, 4) is 11.4 Å². The number of aromatic nitrogens is 2. The molecule has 16 heavy (non-hydrogen) atoms. The Bertz CT molecular complexity index is 449. The van der Waals surface area contributed by atoms with Gasteiger partial charge in [0.1, 0.15) is 0 Å². The second-order valence-electron chi connectivity index (χ2n) is 3.62. The first-order valence-corrected chi connectivity index (χ1v) is 6.42. The highest BCUT2D eigenvalue weighted by molar-refractivity contribution is 9.10. The molecule has 0 amide bonds. The molecule has 0 saturated heterocycles. The maximum atomic E-state index is 4.47. The molecule has 0 N–H and O–H groups in total. The van der Waals surface area contributed by atoms with Gasteiger partial charge in [-0.15, -0.1) is 0 Å². The Labute approximate surface area is 111 Å². The molecule has 82 valence electrons. The number of rotatable bonds is 1.